The normalized spacial score (nSPS) is 15.7. The molecule has 0 amide bonds. The standard InChI is InChI=1S/C25H23N3O/c1-15-13-19(14-18-8-7-16(2)26-24(15)18)21-11-9-17-10-12-22(28-25(17)27-21)20-5-3-4-6-23(20)29/h3-8,10,12-14,21,29H,9,11H2,1-2H3,(H,27,28). The van der Waals surface area contributed by atoms with Crippen molar-refractivity contribution in [2.75, 3.05) is 5.32 Å². The molecule has 2 aromatic heterocycles. The number of hydrogen-bond donors (Lipinski definition) is 2. The zero-order valence-electron chi connectivity index (χ0n) is 16.6. The van der Waals surface area contributed by atoms with Crippen LogP contribution < -0.4 is 5.32 Å². The Morgan fingerprint density at radius 2 is 1.83 bits per heavy atom. The third kappa shape index (κ3) is 3.21. The van der Waals surface area contributed by atoms with Gasteiger partial charge in [0.2, 0.25) is 0 Å². The van der Waals surface area contributed by atoms with Gasteiger partial charge in [-0.2, -0.15) is 0 Å². The number of hydrogen-bond acceptors (Lipinski definition) is 4. The maximum atomic E-state index is 10.2. The van der Waals surface area contributed by atoms with Crippen molar-refractivity contribution in [2.45, 2.75) is 32.7 Å². The Bertz CT molecular complexity index is 1230. The number of nitrogens with zero attached hydrogens (tertiary/aromatic N) is 2. The molecule has 3 heterocycles. The molecule has 4 nitrogen and oxygen atoms in total. The first-order valence-corrected chi connectivity index (χ1v) is 10.0. The fourth-order valence-corrected chi connectivity index (χ4v) is 4.18. The van der Waals surface area contributed by atoms with Crippen molar-refractivity contribution in [2.24, 2.45) is 0 Å². The van der Waals surface area contributed by atoms with Gasteiger partial charge < -0.3 is 10.4 Å². The van der Waals surface area contributed by atoms with Crippen LogP contribution in [0.3, 0.4) is 0 Å². The van der Waals surface area contributed by atoms with Crippen LogP contribution in [-0.4, -0.2) is 15.1 Å². The highest BCUT2D eigenvalue weighted by atomic mass is 16.3. The zero-order valence-corrected chi connectivity index (χ0v) is 16.6. The van der Waals surface area contributed by atoms with E-state index in [4.69, 9.17) is 9.97 Å². The first-order valence-electron chi connectivity index (χ1n) is 10.0. The Hall–Kier alpha value is -3.40. The van der Waals surface area contributed by atoms with Gasteiger partial charge in [0.05, 0.1) is 17.3 Å². The molecule has 144 valence electrons. The Morgan fingerprint density at radius 3 is 2.69 bits per heavy atom. The van der Waals surface area contributed by atoms with Crippen LogP contribution in [0.2, 0.25) is 0 Å². The van der Waals surface area contributed by atoms with Gasteiger partial charge in [-0.25, -0.2) is 4.98 Å². The summed E-state index contributed by atoms with van der Waals surface area (Å²) >= 11 is 0. The molecule has 0 saturated carbocycles. The maximum absolute atomic E-state index is 10.2. The highest BCUT2D eigenvalue weighted by Gasteiger charge is 2.22. The Kier molecular flexibility index (Phi) is 4.20. The second-order valence-corrected chi connectivity index (χ2v) is 7.82. The molecule has 0 bridgehead atoms. The minimum atomic E-state index is 0.207. The van der Waals surface area contributed by atoms with E-state index in [-0.39, 0.29) is 11.8 Å². The predicted molar refractivity (Wildman–Crippen MR) is 117 cm³/mol. The molecular formula is C25H23N3O. The SMILES string of the molecule is Cc1ccc2cc(C3CCc4ccc(-c5ccccc5O)nc4N3)cc(C)c2n1. The molecule has 0 fully saturated rings. The number of phenolic OH excluding ortho intramolecular Hbond substituents is 1. The monoisotopic (exact) mass is 381 g/mol. The molecular weight excluding hydrogens is 358 g/mol. The molecule has 1 unspecified atom stereocenters. The van der Waals surface area contributed by atoms with E-state index in [0.29, 0.717) is 0 Å². The van der Waals surface area contributed by atoms with Gasteiger partial charge in [-0.15, -0.1) is 0 Å². The Balaban J connectivity index is 1.51. The van der Waals surface area contributed by atoms with Crippen molar-refractivity contribution in [1.29, 1.82) is 0 Å². The summed E-state index contributed by atoms with van der Waals surface area (Å²) in [7, 11) is 0. The van der Waals surface area contributed by atoms with E-state index in [1.54, 1.807) is 6.07 Å². The molecule has 0 saturated heterocycles. The van der Waals surface area contributed by atoms with Gasteiger partial charge in [0.15, 0.2) is 0 Å². The fraction of sp³-hybridized carbons (Fsp3) is 0.200. The Morgan fingerprint density at radius 1 is 0.966 bits per heavy atom. The molecule has 29 heavy (non-hydrogen) atoms. The van der Waals surface area contributed by atoms with Crippen LogP contribution >= 0.6 is 0 Å². The summed E-state index contributed by atoms with van der Waals surface area (Å²) in [5.41, 5.74) is 7.33. The second kappa shape index (κ2) is 6.89. The lowest BCUT2D eigenvalue weighted by Crippen LogP contribution is -2.19. The first kappa shape index (κ1) is 17.7. The molecule has 1 aliphatic heterocycles. The lowest BCUT2D eigenvalue weighted by molar-refractivity contribution is 0.477. The third-order valence-electron chi connectivity index (χ3n) is 5.72. The zero-order chi connectivity index (χ0) is 20.0. The van der Waals surface area contributed by atoms with Crippen LogP contribution in [0.25, 0.3) is 22.2 Å². The summed E-state index contributed by atoms with van der Waals surface area (Å²) < 4.78 is 0. The number of aryl methyl sites for hydroxylation is 3. The minimum Gasteiger partial charge on any atom is -0.507 e. The number of pyridine rings is 2. The topological polar surface area (TPSA) is 58.0 Å². The van der Waals surface area contributed by atoms with Gasteiger partial charge in [-0.3, -0.25) is 4.98 Å². The van der Waals surface area contributed by atoms with Crippen LogP contribution in [0, 0.1) is 13.8 Å². The molecule has 4 heteroatoms. The number of para-hydroxylation sites is 1. The highest BCUT2D eigenvalue weighted by Crippen LogP contribution is 2.36. The number of aromatic nitrogens is 2. The summed E-state index contributed by atoms with van der Waals surface area (Å²) in [5.74, 6) is 1.15. The van der Waals surface area contributed by atoms with Crippen molar-refractivity contribution in [3.8, 4) is 17.0 Å². The van der Waals surface area contributed by atoms with Crippen LogP contribution in [-0.2, 0) is 6.42 Å². The average Bonchev–Trinajstić information content (AvgIpc) is 2.73. The molecule has 2 N–H and O–H groups in total. The molecule has 2 aromatic carbocycles. The van der Waals surface area contributed by atoms with E-state index in [9.17, 15) is 5.11 Å². The van der Waals surface area contributed by atoms with Crippen molar-refractivity contribution in [3.05, 3.63) is 83.0 Å². The summed E-state index contributed by atoms with van der Waals surface area (Å²) in [6.07, 6.45) is 2.00. The van der Waals surface area contributed by atoms with Crippen LogP contribution in [0.15, 0.2) is 60.7 Å². The number of benzene rings is 2. The van der Waals surface area contributed by atoms with E-state index in [1.165, 1.54) is 22.1 Å². The number of rotatable bonds is 2. The largest absolute Gasteiger partial charge is 0.507 e. The molecule has 4 aromatic rings. The van der Waals surface area contributed by atoms with Crippen LogP contribution in [0.4, 0.5) is 5.82 Å². The minimum absolute atomic E-state index is 0.207. The van der Waals surface area contributed by atoms with Crippen molar-refractivity contribution < 1.29 is 5.11 Å². The molecule has 5 rings (SSSR count). The smallest absolute Gasteiger partial charge is 0.130 e. The number of nitrogens with one attached hydrogen (secondary N) is 1. The van der Waals surface area contributed by atoms with Crippen LogP contribution in [0.5, 0.6) is 5.75 Å². The van der Waals surface area contributed by atoms with Gasteiger partial charge in [0, 0.05) is 16.6 Å². The summed E-state index contributed by atoms with van der Waals surface area (Å²) in [4.78, 5) is 9.53. The predicted octanol–water partition coefficient (Wildman–Crippen LogP) is 5.72. The molecule has 0 radical (unpaired) electrons. The van der Waals surface area contributed by atoms with Gasteiger partial charge in [0.1, 0.15) is 11.6 Å². The lowest BCUT2D eigenvalue weighted by Gasteiger charge is -2.27. The average molecular weight is 381 g/mol. The van der Waals surface area contributed by atoms with E-state index >= 15 is 0 Å². The molecule has 1 atom stereocenters. The maximum Gasteiger partial charge on any atom is 0.130 e. The fourth-order valence-electron chi connectivity index (χ4n) is 4.18. The van der Waals surface area contributed by atoms with Crippen molar-refractivity contribution in [3.63, 3.8) is 0 Å². The first-order chi connectivity index (χ1) is 14.1. The molecule has 0 aliphatic carbocycles. The second-order valence-electron chi connectivity index (χ2n) is 7.82. The van der Waals surface area contributed by atoms with E-state index in [1.807, 2.05) is 31.2 Å². The van der Waals surface area contributed by atoms with Gasteiger partial charge >= 0.3 is 0 Å². The number of aromatic hydroxyl groups is 1. The summed E-state index contributed by atoms with van der Waals surface area (Å²) in [6.45, 7) is 4.16. The summed E-state index contributed by atoms with van der Waals surface area (Å²) in [6, 6.07) is 20.3. The van der Waals surface area contributed by atoms with Gasteiger partial charge in [0.25, 0.3) is 0 Å². The summed E-state index contributed by atoms with van der Waals surface area (Å²) in [5, 5.41) is 15.0. The molecule has 1 aliphatic rings. The van der Waals surface area contributed by atoms with Crippen molar-refractivity contribution in [1.82, 2.24) is 9.97 Å². The molecule has 0 spiro atoms. The lowest BCUT2D eigenvalue weighted by atomic mass is 9.92. The number of phenols is 1. The van der Waals surface area contributed by atoms with E-state index in [0.717, 1.165) is 41.1 Å². The van der Waals surface area contributed by atoms with E-state index in [2.05, 4.69) is 42.6 Å². The van der Waals surface area contributed by atoms with Gasteiger partial charge in [-0.1, -0.05) is 30.3 Å². The van der Waals surface area contributed by atoms with Crippen molar-refractivity contribution >= 4 is 16.7 Å². The number of anilines is 1. The number of fused-ring (bicyclic) bond motifs is 2. The highest BCUT2D eigenvalue weighted by molar-refractivity contribution is 5.83. The Labute approximate surface area is 170 Å². The van der Waals surface area contributed by atoms with E-state index < -0.39 is 0 Å². The van der Waals surface area contributed by atoms with Crippen LogP contribution in [0.1, 0.15) is 34.8 Å². The van der Waals surface area contributed by atoms with Gasteiger partial charge in [-0.05, 0) is 73.7 Å². The third-order valence-corrected chi connectivity index (χ3v) is 5.72. The quantitative estimate of drug-likeness (QED) is 0.466.